The number of rotatable bonds is 7. The van der Waals surface area contributed by atoms with Crippen LogP contribution in [0.3, 0.4) is 0 Å². The predicted molar refractivity (Wildman–Crippen MR) is 144 cm³/mol. The van der Waals surface area contributed by atoms with E-state index in [1.807, 2.05) is 6.07 Å². The lowest BCUT2D eigenvalue weighted by atomic mass is 9.90. The quantitative estimate of drug-likeness (QED) is 0.303. The monoisotopic (exact) mass is 571 g/mol. The molecule has 41 heavy (non-hydrogen) atoms. The van der Waals surface area contributed by atoms with Crippen molar-refractivity contribution < 1.29 is 23.5 Å². The van der Waals surface area contributed by atoms with E-state index in [9.17, 15) is 14.9 Å². The second-order valence-electron chi connectivity index (χ2n) is 9.88. The molecule has 9 nitrogen and oxygen atoms in total. The third-order valence-corrected chi connectivity index (χ3v) is 7.48. The number of benzene rings is 2. The molecule has 1 amide bonds. The van der Waals surface area contributed by atoms with Crippen molar-refractivity contribution in [2.24, 2.45) is 7.05 Å². The van der Waals surface area contributed by atoms with Crippen LogP contribution in [-0.2, 0) is 28.8 Å². The molecule has 0 bridgehead atoms. The number of hydrogen-bond acceptors (Lipinski definition) is 7. The van der Waals surface area contributed by atoms with E-state index < -0.39 is 29.3 Å². The minimum absolute atomic E-state index is 0.00760. The van der Waals surface area contributed by atoms with Crippen molar-refractivity contribution in [1.82, 2.24) is 19.7 Å². The van der Waals surface area contributed by atoms with Crippen molar-refractivity contribution in [3.63, 3.8) is 0 Å². The highest BCUT2D eigenvalue weighted by Gasteiger charge is 2.55. The number of ketones is 1. The molecule has 2 aliphatic heterocycles. The van der Waals surface area contributed by atoms with Gasteiger partial charge in [0.1, 0.15) is 17.6 Å². The number of aromatic nitrogens is 3. The first-order chi connectivity index (χ1) is 19.8. The van der Waals surface area contributed by atoms with Gasteiger partial charge in [0.25, 0.3) is 5.91 Å². The van der Waals surface area contributed by atoms with E-state index in [0.717, 1.165) is 6.07 Å². The fraction of sp³-hybridized carbons (Fsp3) is 0.233. The highest BCUT2D eigenvalue weighted by atomic mass is 35.5. The summed E-state index contributed by atoms with van der Waals surface area (Å²) < 4.78 is 30.1. The maximum atomic E-state index is 16.4. The van der Waals surface area contributed by atoms with Crippen molar-refractivity contribution in [2.45, 2.75) is 24.8 Å². The van der Waals surface area contributed by atoms with Crippen LogP contribution in [0.15, 0.2) is 67.0 Å². The zero-order valence-electron chi connectivity index (χ0n) is 21.9. The van der Waals surface area contributed by atoms with Crippen molar-refractivity contribution in [3.8, 4) is 6.07 Å². The van der Waals surface area contributed by atoms with Crippen molar-refractivity contribution >= 4 is 23.3 Å². The predicted octanol–water partition coefficient (Wildman–Crippen LogP) is 4.37. The van der Waals surface area contributed by atoms with E-state index in [-0.39, 0.29) is 35.5 Å². The molecule has 2 atom stereocenters. The molecule has 2 aromatic heterocycles. The van der Waals surface area contributed by atoms with Crippen LogP contribution in [0.1, 0.15) is 55.2 Å². The van der Waals surface area contributed by atoms with Gasteiger partial charge in [-0.1, -0.05) is 23.7 Å². The summed E-state index contributed by atoms with van der Waals surface area (Å²) in [5.41, 5.74) is -0.342. The van der Waals surface area contributed by atoms with Gasteiger partial charge in [-0.2, -0.15) is 10.4 Å². The van der Waals surface area contributed by atoms with Crippen LogP contribution < -0.4 is 0 Å². The molecule has 0 aliphatic carbocycles. The lowest BCUT2D eigenvalue weighted by Gasteiger charge is -2.41. The third kappa shape index (κ3) is 4.68. The number of halogens is 2. The van der Waals surface area contributed by atoms with E-state index >= 15 is 4.39 Å². The highest BCUT2D eigenvalue weighted by Crippen LogP contribution is 2.49. The summed E-state index contributed by atoms with van der Waals surface area (Å²) in [7, 11) is 1.67. The first-order valence-electron chi connectivity index (χ1n) is 12.9. The number of nitrogens with zero attached hydrogens (tertiary/aromatic N) is 5. The lowest BCUT2D eigenvalue weighted by Crippen LogP contribution is -2.49. The van der Waals surface area contributed by atoms with Crippen LogP contribution in [-0.4, -0.2) is 50.7 Å². The second-order valence-corrected chi connectivity index (χ2v) is 10.3. The van der Waals surface area contributed by atoms with Gasteiger partial charge in [-0.3, -0.25) is 24.2 Å². The molecule has 206 valence electrons. The molecule has 0 spiro atoms. The van der Waals surface area contributed by atoms with Crippen LogP contribution in [0.25, 0.3) is 0 Å². The van der Waals surface area contributed by atoms with Gasteiger partial charge >= 0.3 is 0 Å². The molecule has 4 aromatic rings. The maximum absolute atomic E-state index is 16.4. The first-order valence-corrected chi connectivity index (χ1v) is 13.2. The smallest absolute Gasteiger partial charge is 0.257 e. The highest BCUT2D eigenvalue weighted by molar-refractivity contribution is 6.30. The summed E-state index contributed by atoms with van der Waals surface area (Å²) in [4.78, 5) is 33.2. The minimum atomic E-state index is -1.72. The number of fused-ring (bicyclic) bond motifs is 1. The van der Waals surface area contributed by atoms with Crippen molar-refractivity contribution in [3.05, 3.63) is 117 Å². The molecule has 2 aliphatic rings. The largest absolute Gasteiger partial charge is 0.379 e. The van der Waals surface area contributed by atoms with Crippen LogP contribution in [0, 0.1) is 17.1 Å². The Hall–Kier alpha value is -4.43. The number of hydrogen-bond donors (Lipinski definition) is 0. The average Bonchev–Trinajstić information content (AvgIpc) is 3.70. The summed E-state index contributed by atoms with van der Waals surface area (Å²) in [5.74, 6) is -1.84. The zero-order valence-corrected chi connectivity index (χ0v) is 22.6. The summed E-state index contributed by atoms with van der Waals surface area (Å²) in [6.45, 7) is 0.650. The molecular formula is C30H23ClFN5O4. The van der Waals surface area contributed by atoms with E-state index in [2.05, 4.69) is 10.1 Å². The Morgan fingerprint density at radius 2 is 2.05 bits per heavy atom. The number of amides is 1. The van der Waals surface area contributed by atoms with E-state index in [1.165, 1.54) is 27.9 Å². The van der Waals surface area contributed by atoms with E-state index in [0.29, 0.717) is 34.9 Å². The number of nitriles is 1. The minimum Gasteiger partial charge on any atom is -0.379 e. The zero-order chi connectivity index (χ0) is 28.7. The van der Waals surface area contributed by atoms with Gasteiger partial charge in [0.2, 0.25) is 11.5 Å². The SMILES string of the molecule is Cn1ccc(C(=O)c2cc(F)c3c(c2)C(=O)N(Cc2ccc(C#N)cn2)[C@@]3(O[C@H]2CCOC2)c2ccc(Cl)cc2)n1. The first kappa shape index (κ1) is 26.8. The summed E-state index contributed by atoms with van der Waals surface area (Å²) in [6, 6.07) is 15.9. The topological polar surface area (TPSA) is 110 Å². The van der Waals surface area contributed by atoms with Crippen molar-refractivity contribution in [1.29, 1.82) is 5.26 Å². The number of carbonyl (C=O) groups excluding carboxylic acids is 2. The van der Waals surface area contributed by atoms with Gasteiger partial charge in [0.05, 0.1) is 41.6 Å². The Kier molecular flexibility index (Phi) is 6.87. The van der Waals surface area contributed by atoms with Gasteiger partial charge < -0.3 is 9.47 Å². The number of aryl methyl sites for hydroxylation is 1. The van der Waals surface area contributed by atoms with E-state index in [4.69, 9.17) is 21.1 Å². The Morgan fingerprint density at radius 1 is 1.24 bits per heavy atom. The Morgan fingerprint density at radius 3 is 2.68 bits per heavy atom. The van der Waals surface area contributed by atoms with Gasteiger partial charge in [-0.05, 0) is 48.9 Å². The van der Waals surface area contributed by atoms with Crippen molar-refractivity contribution in [2.75, 3.05) is 13.2 Å². The fourth-order valence-corrected chi connectivity index (χ4v) is 5.43. The van der Waals surface area contributed by atoms with Crippen LogP contribution in [0.4, 0.5) is 4.39 Å². The molecular weight excluding hydrogens is 549 g/mol. The maximum Gasteiger partial charge on any atom is 0.257 e. The molecule has 1 fully saturated rings. The average molecular weight is 572 g/mol. The molecule has 6 rings (SSSR count). The van der Waals surface area contributed by atoms with Gasteiger partial charge in [-0.25, -0.2) is 4.39 Å². The summed E-state index contributed by atoms with van der Waals surface area (Å²) in [6.07, 6.45) is 3.11. The molecule has 11 heteroatoms. The molecule has 2 aromatic carbocycles. The normalized spacial score (nSPS) is 19.8. The molecule has 0 radical (unpaired) electrons. The second kappa shape index (κ2) is 10.5. The summed E-state index contributed by atoms with van der Waals surface area (Å²) >= 11 is 6.21. The molecule has 0 N–H and O–H groups in total. The van der Waals surface area contributed by atoms with Gasteiger partial charge in [-0.15, -0.1) is 0 Å². The summed E-state index contributed by atoms with van der Waals surface area (Å²) in [5, 5.41) is 13.8. The van der Waals surface area contributed by atoms with Gasteiger partial charge in [0, 0.05) is 42.2 Å². The molecule has 0 saturated carbocycles. The molecule has 4 heterocycles. The van der Waals surface area contributed by atoms with Crippen LogP contribution in [0.2, 0.25) is 5.02 Å². The standard InChI is InChI=1S/C30H23ClFN5O4/c1-36-10-8-26(35-36)28(38)19-12-24-27(25(32)13-19)30(41-23-9-11-40-17-23,20-3-5-21(31)6-4-20)37(29(24)39)16-22-7-2-18(14-33)15-34-22/h2-8,10,12-13,15,23H,9,11,16-17H2,1H3/t23-,30+/m0/s1. The number of ether oxygens (including phenoxy) is 2. The lowest BCUT2D eigenvalue weighted by molar-refractivity contribution is -0.148. The van der Waals surface area contributed by atoms with E-state index in [1.54, 1.807) is 49.6 Å². The number of carbonyl (C=O) groups is 2. The Labute approximate surface area is 239 Å². The fourth-order valence-electron chi connectivity index (χ4n) is 5.30. The molecule has 1 saturated heterocycles. The van der Waals surface area contributed by atoms with Gasteiger partial charge in [0.15, 0.2) is 0 Å². The Bertz CT molecular complexity index is 1690. The third-order valence-electron chi connectivity index (χ3n) is 7.23. The Balaban J connectivity index is 1.55. The van der Waals surface area contributed by atoms with Crippen LogP contribution >= 0.6 is 11.6 Å². The number of pyridine rings is 1. The molecule has 0 unspecified atom stereocenters. The van der Waals surface area contributed by atoms with Crippen LogP contribution in [0.5, 0.6) is 0 Å².